The standard InChI is InChI=1S/C22H19BrN2O2S/c1-16-2-10-20(11-3-16)28-21-12-4-17(5-13-21)14-24-25-22(26)15-27-19-8-6-18(23)7-9-19/h2-14H,15H2,1H3,(H,25,26)/b24-14-. The SMILES string of the molecule is Cc1ccc(Sc2ccc(/C=N\NC(=O)COc3ccc(Br)cc3)cc2)cc1. The molecule has 1 amide bonds. The van der Waals surface area contributed by atoms with Crippen molar-refractivity contribution < 1.29 is 9.53 Å². The summed E-state index contributed by atoms with van der Waals surface area (Å²) in [5.41, 5.74) is 4.62. The number of halogens is 1. The summed E-state index contributed by atoms with van der Waals surface area (Å²) >= 11 is 5.06. The van der Waals surface area contributed by atoms with E-state index in [0.717, 1.165) is 14.9 Å². The van der Waals surface area contributed by atoms with Crippen LogP contribution in [0.2, 0.25) is 0 Å². The molecule has 0 aromatic heterocycles. The molecule has 0 unspecified atom stereocenters. The Balaban J connectivity index is 1.45. The lowest BCUT2D eigenvalue weighted by atomic mass is 10.2. The zero-order chi connectivity index (χ0) is 19.8. The maximum absolute atomic E-state index is 11.8. The number of nitrogens with zero attached hydrogens (tertiary/aromatic N) is 1. The Kier molecular flexibility index (Phi) is 7.28. The Morgan fingerprint density at radius 2 is 1.61 bits per heavy atom. The molecular formula is C22H19BrN2O2S. The van der Waals surface area contributed by atoms with Gasteiger partial charge in [-0.05, 0) is 61.0 Å². The van der Waals surface area contributed by atoms with E-state index in [1.54, 1.807) is 30.1 Å². The second-order valence-electron chi connectivity index (χ2n) is 6.02. The third-order valence-electron chi connectivity index (χ3n) is 3.72. The first-order valence-electron chi connectivity index (χ1n) is 8.63. The summed E-state index contributed by atoms with van der Waals surface area (Å²) in [6.07, 6.45) is 1.61. The third kappa shape index (κ3) is 6.55. The zero-order valence-electron chi connectivity index (χ0n) is 15.3. The van der Waals surface area contributed by atoms with Crippen molar-refractivity contribution in [2.24, 2.45) is 5.10 Å². The Morgan fingerprint density at radius 1 is 1.00 bits per heavy atom. The number of nitrogens with one attached hydrogen (secondary N) is 1. The number of hydrogen-bond donors (Lipinski definition) is 1. The number of aryl methyl sites for hydroxylation is 1. The zero-order valence-corrected chi connectivity index (χ0v) is 17.7. The largest absolute Gasteiger partial charge is 0.484 e. The molecule has 0 saturated carbocycles. The van der Waals surface area contributed by atoms with E-state index in [9.17, 15) is 4.79 Å². The van der Waals surface area contributed by atoms with Gasteiger partial charge in [0.05, 0.1) is 6.21 Å². The minimum absolute atomic E-state index is 0.0922. The Morgan fingerprint density at radius 3 is 2.25 bits per heavy atom. The monoisotopic (exact) mass is 454 g/mol. The van der Waals surface area contributed by atoms with E-state index in [1.165, 1.54) is 10.5 Å². The smallest absolute Gasteiger partial charge is 0.277 e. The van der Waals surface area contributed by atoms with Crippen molar-refractivity contribution in [1.29, 1.82) is 0 Å². The molecule has 0 heterocycles. The molecule has 0 aliphatic rings. The van der Waals surface area contributed by atoms with Crippen LogP contribution in [-0.2, 0) is 4.79 Å². The first-order chi connectivity index (χ1) is 13.6. The topological polar surface area (TPSA) is 50.7 Å². The summed E-state index contributed by atoms with van der Waals surface area (Å²) in [6, 6.07) is 23.7. The molecule has 3 aromatic carbocycles. The minimum atomic E-state index is -0.314. The predicted octanol–water partition coefficient (Wildman–Crippen LogP) is 5.44. The van der Waals surface area contributed by atoms with Gasteiger partial charge in [0, 0.05) is 14.3 Å². The van der Waals surface area contributed by atoms with Crippen molar-refractivity contribution in [2.45, 2.75) is 16.7 Å². The third-order valence-corrected chi connectivity index (χ3v) is 5.27. The number of amides is 1. The number of ether oxygens (including phenoxy) is 1. The molecule has 3 aromatic rings. The number of benzene rings is 3. The number of hydrazone groups is 1. The summed E-state index contributed by atoms with van der Waals surface area (Å²) in [7, 11) is 0. The van der Waals surface area contributed by atoms with Crippen LogP contribution in [0.5, 0.6) is 5.75 Å². The van der Waals surface area contributed by atoms with E-state index in [2.05, 4.69) is 57.6 Å². The molecule has 0 bridgehead atoms. The van der Waals surface area contributed by atoms with Gasteiger partial charge in [-0.25, -0.2) is 5.43 Å². The Labute approximate surface area is 177 Å². The Bertz CT molecular complexity index is 940. The Hall–Kier alpha value is -2.57. The second-order valence-corrected chi connectivity index (χ2v) is 8.08. The molecule has 4 nitrogen and oxygen atoms in total. The van der Waals surface area contributed by atoms with Crippen molar-refractivity contribution in [1.82, 2.24) is 5.43 Å². The number of rotatable bonds is 7. The van der Waals surface area contributed by atoms with Crippen LogP contribution in [0.1, 0.15) is 11.1 Å². The molecule has 0 radical (unpaired) electrons. The van der Waals surface area contributed by atoms with E-state index in [1.807, 2.05) is 36.4 Å². The summed E-state index contributed by atoms with van der Waals surface area (Å²) in [6.45, 7) is 1.99. The minimum Gasteiger partial charge on any atom is -0.484 e. The van der Waals surface area contributed by atoms with Gasteiger partial charge in [-0.1, -0.05) is 57.5 Å². The van der Waals surface area contributed by atoms with Gasteiger partial charge in [-0.3, -0.25) is 4.79 Å². The summed E-state index contributed by atoms with van der Waals surface area (Å²) in [5, 5.41) is 3.97. The van der Waals surface area contributed by atoms with Crippen molar-refractivity contribution in [3.05, 3.63) is 88.4 Å². The van der Waals surface area contributed by atoms with Gasteiger partial charge in [0.25, 0.3) is 5.91 Å². The number of carbonyl (C=O) groups is 1. The first kappa shape index (κ1) is 20.2. The average molecular weight is 455 g/mol. The van der Waals surface area contributed by atoms with Crippen LogP contribution in [0.15, 0.2) is 92.2 Å². The van der Waals surface area contributed by atoms with E-state index in [0.29, 0.717) is 5.75 Å². The van der Waals surface area contributed by atoms with Gasteiger partial charge in [0.15, 0.2) is 6.61 Å². The lowest BCUT2D eigenvalue weighted by molar-refractivity contribution is -0.123. The van der Waals surface area contributed by atoms with E-state index >= 15 is 0 Å². The molecule has 3 rings (SSSR count). The fourth-order valence-electron chi connectivity index (χ4n) is 2.26. The molecule has 28 heavy (non-hydrogen) atoms. The number of hydrogen-bond acceptors (Lipinski definition) is 4. The highest BCUT2D eigenvalue weighted by molar-refractivity contribution is 9.10. The average Bonchev–Trinajstić information content (AvgIpc) is 2.71. The fourth-order valence-corrected chi connectivity index (χ4v) is 3.34. The summed E-state index contributed by atoms with van der Waals surface area (Å²) < 4.78 is 6.35. The quantitative estimate of drug-likeness (QED) is 0.382. The van der Waals surface area contributed by atoms with Crippen LogP contribution in [0, 0.1) is 6.92 Å². The molecule has 6 heteroatoms. The van der Waals surface area contributed by atoms with E-state index in [-0.39, 0.29) is 12.5 Å². The van der Waals surface area contributed by atoms with Gasteiger partial charge in [-0.2, -0.15) is 5.10 Å². The molecule has 0 aliphatic heterocycles. The van der Waals surface area contributed by atoms with Crippen molar-refractivity contribution >= 4 is 39.8 Å². The molecule has 0 aliphatic carbocycles. The highest BCUT2D eigenvalue weighted by atomic mass is 79.9. The van der Waals surface area contributed by atoms with Crippen LogP contribution in [0.25, 0.3) is 0 Å². The van der Waals surface area contributed by atoms with Crippen LogP contribution in [0.3, 0.4) is 0 Å². The van der Waals surface area contributed by atoms with Crippen molar-refractivity contribution in [3.63, 3.8) is 0 Å². The normalized spacial score (nSPS) is 10.8. The molecule has 0 atom stereocenters. The fraction of sp³-hybridized carbons (Fsp3) is 0.0909. The van der Waals surface area contributed by atoms with Crippen LogP contribution in [0.4, 0.5) is 0 Å². The predicted molar refractivity (Wildman–Crippen MR) is 117 cm³/mol. The lowest BCUT2D eigenvalue weighted by Gasteiger charge is -2.05. The maximum atomic E-state index is 11.8. The molecular weight excluding hydrogens is 436 g/mol. The van der Waals surface area contributed by atoms with Crippen LogP contribution >= 0.6 is 27.7 Å². The highest BCUT2D eigenvalue weighted by Crippen LogP contribution is 2.27. The van der Waals surface area contributed by atoms with Crippen molar-refractivity contribution in [3.8, 4) is 5.75 Å². The summed E-state index contributed by atoms with van der Waals surface area (Å²) in [4.78, 5) is 14.1. The van der Waals surface area contributed by atoms with Crippen LogP contribution in [-0.4, -0.2) is 18.7 Å². The first-order valence-corrected chi connectivity index (χ1v) is 10.2. The second kappa shape index (κ2) is 10.1. The van der Waals surface area contributed by atoms with Gasteiger partial charge in [0.1, 0.15) is 5.75 Å². The molecule has 1 N–H and O–H groups in total. The van der Waals surface area contributed by atoms with Crippen molar-refractivity contribution in [2.75, 3.05) is 6.61 Å². The van der Waals surface area contributed by atoms with Gasteiger partial charge >= 0.3 is 0 Å². The maximum Gasteiger partial charge on any atom is 0.277 e. The molecule has 0 fully saturated rings. The van der Waals surface area contributed by atoms with Crippen LogP contribution < -0.4 is 10.2 Å². The van der Waals surface area contributed by atoms with Gasteiger partial charge < -0.3 is 4.74 Å². The summed E-state index contributed by atoms with van der Waals surface area (Å²) in [5.74, 6) is 0.315. The van der Waals surface area contributed by atoms with Gasteiger partial charge in [-0.15, -0.1) is 0 Å². The van der Waals surface area contributed by atoms with Gasteiger partial charge in [0.2, 0.25) is 0 Å². The van der Waals surface area contributed by atoms with E-state index < -0.39 is 0 Å². The number of carbonyl (C=O) groups excluding carboxylic acids is 1. The highest BCUT2D eigenvalue weighted by Gasteiger charge is 2.01. The molecule has 0 spiro atoms. The molecule has 142 valence electrons. The molecule has 0 saturated heterocycles. The lowest BCUT2D eigenvalue weighted by Crippen LogP contribution is -2.24. The van der Waals surface area contributed by atoms with E-state index in [4.69, 9.17) is 4.74 Å².